The third kappa shape index (κ3) is 3.84. The Balaban J connectivity index is 1.96. The minimum absolute atomic E-state index is 0.122. The van der Waals surface area contributed by atoms with E-state index in [0.29, 0.717) is 13.0 Å². The Kier molecular flexibility index (Phi) is 4.98. The van der Waals surface area contributed by atoms with Crippen molar-refractivity contribution in [2.75, 3.05) is 0 Å². The number of carbonyl (C=O) groups is 1. The van der Waals surface area contributed by atoms with E-state index in [1.807, 2.05) is 55.9 Å². The zero-order valence-corrected chi connectivity index (χ0v) is 12.7. The lowest BCUT2D eigenvalue weighted by molar-refractivity contribution is -0.128. The second-order valence-electron chi connectivity index (χ2n) is 4.95. The number of aromatic nitrogens is 2. The number of nitrogens with one attached hydrogen (secondary N) is 1. The molecule has 0 saturated carbocycles. The molecule has 0 aliphatic carbocycles. The molecule has 21 heavy (non-hydrogen) atoms. The van der Waals surface area contributed by atoms with Gasteiger partial charge in [-0.2, -0.15) is 0 Å². The van der Waals surface area contributed by atoms with Gasteiger partial charge in [-0.25, -0.2) is 4.98 Å². The van der Waals surface area contributed by atoms with Crippen LogP contribution in [0.4, 0.5) is 0 Å². The minimum atomic E-state index is -0.494. The fraction of sp³-hybridized carbons (Fsp3) is 0.375. The first kappa shape index (κ1) is 15.1. The highest BCUT2D eigenvalue weighted by molar-refractivity contribution is 5.81. The summed E-state index contributed by atoms with van der Waals surface area (Å²) in [4.78, 5) is 16.4. The van der Waals surface area contributed by atoms with Crippen LogP contribution in [0, 0.1) is 6.92 Å². The van der Waals surface area contributed by atoms with Gasteiger partial charge in [0.25, 0.3) is 5.91 Å². The molecule has 2 aromatic rings. The highest BCUT2D eigenvalue weighted by Gasteiger charge is 2.19. The van der Waals surface area contributed by atoms with Crippen LogP contribution in [0.5, 0.6) is 5.75 Å². The molecular formula is C16H21N3O2. The third-order valence-corrected chi connectivity index (χ3v) is 3.37. The average molecular weight is 287 g/mol. The molecule has 0 radical (unpaired) electrons. The Morgan fingerprint density at radius 2 is 2.19 bits per heavy atom. The van der Waals surface area contributed by atoms with Crippen LogP contribution in [0.3, 0.4) is 0 Å². The van der Waals surface area contributed by atoms with Crippen molar-refractivity contribution in [2.24, 2.45) is 7.05 Å². The first-order valence-corrected chi connectivity index (χ1v) is 7.08. The number of aryl methyl sites for hydroxylation is 2. The molecule has 1 aromatic carbocycles. The van der Waals surface area contributed by atoms with Crippen LogP contribution in [-0.4, -0.2) is 21.6 Å². The van der Waals surface area contributed by atoms with Gasteiger partial charge >= 0.3 is 0 Å². The van der Waals surface area contributed by atoms with Crippen molar-refractivity contribution in [2.45, 2.75) is 32.9 Å². The van der Waals surface area contributed by atoms with E-state index in [4.69, 9.17) is 4.74 Å². The average Bonchev–Trinajstić information content (AvgIpc) is 2.89. The summed E-state index contributed by atoms with van der Waals surface area (Å²) in [5, 5.41) is 2.87. The fourth-order valence-corrected chi connectivity index (χ4v) is 2.01. The Morgan fingerprint density at radius 1 is 1.43 bits per heavy atom. The molecule has 2 rings (SSSR count). The predicted molar refractivity (Wildman–Crippen MR) is 80.9 cm³/mol. The van der Waals surface area contributed by atoms with Crippen molar-refractivity contribution in [1.82, 2.24) is 14.9 Å². The topological polar surface area (TPSA) is 56.1 Å². The van der Waals surface area contributed by atoms with Gasteiger partial charge in [0.2, 0.25) is 0 Å². The molecule has 1 aromatic heterocycles. The number of rotatable bonds is 6. The first-order chi connectivity index (χ1) is 10.1. The molecule has 0 unspecified atom stereocenters. The van der Waals surface area contributed by atoms with Gasteiger partial charge in [0.1, 0.15) is 11.6 Å². The van der Waals surface area contributed by atoms with E-state index < -0.39 is 6.10 Å². The highest BCUT2D eigenvalue weighted by Crippen LogP contribution is 2.18. The molecule has 1 atom stereocenters. The lowest BCUT2D eigenvalue weighted by atomic mass is 10.2. The molecular weight excluding hydrogens is 266 g/mol. The van der Waals surface area contributed by atoms with Crippen LogP contribution < -0.4 is 10.1 Å². The van der Waals surface area contributed by atoms with E-state index in [0.717, 1.165) is 17.1 Å². The van der Waals surface area contributed by atoms with E-state index >= 15 is 0 Å². The molecule has 0 aliphatic heterocycles. The fourth-order valence-electron chi connectivity index (χ4n) is 2.01. The summed E-state index contributed by atoms with van der Waals surface area (Å²) >= 11 is 0. The molecule has 1 N–H and O–H groups in total. The predicted octanol–water partition coefficient (Wildman–Crippen LogP) is 2.20. The van der Waals surface area contributed by atoms with E-state index in [-0.39, 0.29) is 5.91 Å². The number of amides is 1. The van der Waals surface area contributed by atoms with Crippen molar-refractivity contribution < 1.29 is 9.53 Å². The summed E-state index contributed by atoms with van der Waals surface area (Å²) < 4.78 is 7.70. The SMILES string of the molecule is CC[C@H](Oc1ccccc1C)C(=O)NCc1nccn1C. The van der Waals surface area contributed by atoms with Gasteiger partial charge in [0.05, 0.1) is 6.54 Å². The van der Waals surface area contributed by atoms with Crippen LogP contribution in [0.25, 0.3) is 0 Å². The normalized spacial score (nSPS) is 12.0. The van der Waals surface area contributed by atoms with Crippen LogP contribution in [0.15, 0.2) is 36.7 Å². The van der Waals surface area contributed by atoms with E-state index in [2.05, 4.69) is 10.3 Å². The van der Waals surface area contributed by atoms with Crippen molar-refractivity contribution in [3.63, 3.8) is 0 Å². The number of ether oxygens (including phenoxy) is 1. The standard InChI is InChI=1S/C16H21N3O2/c1-4-13(21-14-8-6-5-7-12(14)2)16(20)18-11-15-17-9-10-19(15)3/h5-10,13H,4,11H2,1-3H3,(H,18,20)/t13-/m0/s1. The van der Waals surface area contributed by atoms with E-state index in [1.165, 1.54) is 0 Å². The number of imidazole rings is 1. The quantitative estimate of drug-likeness (QED) is 0.886. The number of benzene rings is 1. The summed E-state index contributed by atoms with van der Waals surface area (Å²) in [6, 6.07) is 7.70. The lowest BCUT2D eigenvalue weighted by Gasteiger charge is -2.18. The van der Waals surface area contributed by atoms with E-state index in [9.17, 15) is 4.79 Å². The molecule has 0 fully saturated rings. The number of hydrogen-bond acceptors (Lipinski definition) is 3. The maximum Gasteiger partial charge on any atom is 0.261 e. The number of hydrogen-bond donors (Lipinski definition) is 1. The number of nitrogens with zero attached hydrogens (tertiary/aromatic N) is 2. The Labute approximate surface area is 125 Å². The molecule has 0 saturated heterocycles. The summed E-state index contributed by atoms with van der Waals surface area (Å²) in [7, 11) is 1.90. The zero-order chi connectivity index (χ0) is 15.2. The van der Waals surface area contributed by atoms with Gasteiger partial charge in [-0.1, -0.05) is 25.1 Å². The summed E-state index contributed by atoms with van der Waals surface area (Å²) in [6.07, 6.45) is 3.68. The highest BCUT2D eigenvalue weighted by atomic mass is 16.5. The minimum Gasteiger partial charge on any atom is -0.480 e. The summed E-state index contributed by atoms with van der Waals surface area (Å²) in [5.74, 6) is 1.44. The molecule has 1 amide bonds. The van der Waals surface area contributed by atoms with Crippen molar-refractivity contribution in [1.29, 1.82) is 0 Å². The lowest BCUT2D eigenvalue weighted by Crippen LogP contribution is -2.38. The Morgan fingerprint density at radius 3 is 2.81 bits per heavy atom. The number of carbonyl (C=O) groups excluding carboxylic acids is 1. The Hall–Kier alpha value is -2.30. The largest absolute Gasteiger partial charge is 0.480 e. The first-order valence-electron chi connectivity index (χ1n) is 7.08. The molecule has 5 heteroatoms. The number of para-hydroxylation sites is 1. The Bertz CT molecular complexity index is 607. The molecule has 1 heterocycles. The molecule has 0 bridgehead atoms. The molecule has 0 spiro atoms. The molecule has 0 aliphatic rings. The van der Waals surface area contributed by atoms with Gasteiger partial charge < -0.3 is 14.6 Å². The van der Waals surface area contributed by atoms with Crippen molar-refractivity contribution >= 4 is 5.91 Å². The third-order valence-electron chi connectivity index (χ3n) is 3.37. The van der Waals surface area contributed by atoms with Gasteiger partial charge in [0.15, 0.2) is 6.10 Å². The zero-order valence-electron chi connectivity index (χ0n) is 12.7. The van der Waals surface area contributed by atoms with E-state index in [1.54, 1.807) is 6.20 Å². The van der Waals surface area contributed by atoms with Crippen LogP contribution in [0.1, 0.15) is 24.7 Å². The van der Waals surface area contributed by atoms with Crippen LogP contribution in [0.2, 0.25) is 0 Å². The van der Waals surface area contributed by atoms with Gasteiger partial charge in [-0.3, -0.25) is 4.79 Å². The summed E-state index contributed by atoms with van der Waals surface area (Å²) in [5.41, 5.74) is 1.02. The van der Waals surface area contributed by atoms with Crippen LogP contribution in [-0.2, 0) is 18.4 Å². The molecule has 5 nitrogen and oxygen atoms in total. The smallest absolute Gasteiger partial charge is 0.261 e. The van der Waals surface area contributed by atoms with Crippen LogP contribution >= 0.6 is 0 Å². The molecule has 112 valence electrons. The second kappa shape index (κ2) is 6.92. The maximum atomic E-state index is 12.2. The summed E-state index contributed by atoms with van der Waals surface area (Å²) in [6.45, 7) is 4.30. The maximum absolute atomic E-state index is 12.2. The van der Waals surface area contributed by atoms with Crippen molar-refractivity contribution in [3.8, 4) is 5.75 Å². The van der Waals surface area contributed by atoms with Gasteiger partial charge in [-0.05, 0) is 25.0 Å². The monoisotopic (exact) mass is 287 g/mol. The van der Waals surface area contributed by atoms with Gasteiger partial charge in [-0.15, -0.1) is 0 Å². The van der Waals surface area contributed by atoms with Gasteiger partial charge in [0, 0.05) is 19.4 Å². The van der Waals surface area contributed by atoms with Crippen molar-refractivity contribution in [3.05, 3.63) is 48.0 Å². The second-order valence-corrected chi connectivity index (χ2v) is 4.95.